The van der Waals surface area contributed by atoms with Crippen LogP contribution in [0.15, 0.2) is 28.4 Å². The van der Waals surface area contributed by atoms with Crippen molar-refractivity contribution in [2.24, 2.45) is 11.8 Å². The number of nitrogens with one attached hydrogen (secondary N) is 1. The molecule has 1 aliphatic heterocycles. The van der Waals surface area contributed by atoms with Crippen molar-refractivity contribution >= 4 is 16.1 Å². The Morgan fingerprint density at radius 2 is 2.23 bits per heavy atom. The van der Waals surface area contributed by atoms with Crippen molar-refractivity contribution in [1.82, 2.24) is 9.62 Å². The minimum absolute atomic E-state index is 0.0545. The van der Waals surface area contributed by atoms with Crippen LogP contribution < -0.4 is 4.72 Å². The average Bonchev–Trinajstić information content (AvgIpc) is 2.98. The molecule has 1 aliphatic carbocycles. The third-order valence-electron chi connectivity index (χ3n) is 4.44. The lowest BCUT2D eigenvalue weighted by atomic mass is 9.99. The van der Waals surface area contributed by atoms with Gasteiger partial charge in [0.2, 0.25) is 10.0 Å². The Morgan fingerprint density at radius 3 is 2.82 bits per heavy atom. The summed E-state index contributed by atoms with van der Waals surface area (Å²) in [6, 6.07) is 3.87. The largest absolute Gasteiger partial charge is 0.465 e. The van der Waals surface area contributed by atoms with E-state index >= 15 is 0 Å². The molecule has 1 N–H and O–H groups in total. The molecule has 0 amide bonds. The highest BCUT2D eigenvalue weighted by molar-refractivity contribution is 7.88. The predicted molar refractivity (Wildman–Crippen MR) is 86.8 cm³/mol. The fourth-order valence-corrected chi connectivity index (χ4v) is 4.26. The highest BCUT2D eigenvalue weighted by atomic mass is 32.2. The molecular formula is C16H24N2O3S. The molecule has 122 valence electrons. The molecule has 2 aliphatic rings. The van der Waals surface area contributed by atoms with Crippen LogP contribution in [-0.4, -0.2) is 45.2 Å². The molecule has 3 rings (SSSR count). The van der Waals surface area contributed by atoms with E-state index in [4.69, 9.17) is 4.42 Å². The molecule has 0 aromatic carbocycles. The molecule has 2 heterocycles. The summed E-state index contributed by atoms with van der Waals surface area (Å²) < 4.78 is 31.3. The van der Waals surface area contributed by atoms with Gasteiger partial charge >= 0.3 is 0 Å². The van der Waals surface area contributed by atoms with E-state index in [-0.39, 0.29) is 6.04 Å². The molecule has 5 nitrogen and oxygen atoms in total. The first-order valence-electron chi connectivity index (χ1n) is 7.81. The number of hydrogen-bond acceptors (Lipinski definition) is 4. The lowest BCUT2D eigenvalue weighted by Gasteiger charge is -2.17. The van der Waals surface area contributed by atoms with Gasteiger partial charge in [0, 0.05) is 25.7 Å². The summed E-state index contributed by atoms with van der Waals surface area (Å²) in [6.07, 6.45) is 7.44. The summed E-state index contributed by atoms with van der Waals surface area (Å²) in [5, 5.41) is 0. The molecule has 6 heteroatoms. The second-order valence-electron chi connectivity index (χ2n) is 6.70. The third-order valence-corrected chi connectivity index (χ3v) is 5.17. The standard InChI is InChI=1S/C16H24N2O3S/c1-12(8-14-4-3-7-21-14)9-18-10-15(13-5-6-13)16(11-18)17-22(2,19)20/h3-4,7-8,13,15-17H,5-6,9-11H2,1-2H3/t15-,16+/m1/s1. The molecular weight excluding hydrogens is 300 g/mol. The summed E-state index contributed by atoms with van der Waals surface area (Å²) in [6.45, 7) is 4.70. The Labute approximate surface area is 132 Å². The summed E-state index contributed by atoms with van der Waals surface area (Å²) in [4.78, 5) is 2.35. The van der Waals surface area contributed by atoms with Crippen LogP contribution in [0.2, 0.25) is 0 Å². The Hall–Kier alpha value is -1.11. The van der Waals surface area contributed by atoms with Crippen molar-refractivity contribution in [3.05, 3.63) is 29.7 Å². The van der Waals surface area contributed by atoms with E-state index in [0.29, 0.717) is 11.8 Å². The van der Waals surface area contributed by atoms with E-state index in [9.17, 15) is 8.42 Å². The van der Waals surface area contributed by atoms with Crippen LogP contribution >= 0.6 is 0 Å². The zero-order chi connectivity index (χ0) is 15.7. The first kappa shape index (κ1) is 15.8. The Morgan fingerprint density at radius 1 is 1.45 bits per heavy atom. The van der Waals surface area contributed by atoms with Crippen LogP contribution in [0.5, 0.6) is 0 Å². The molecule has 0 spiro atoms. The van der Waals surface area contributed by atoms with Crippen LogP contribution in [-0.2, 0) is 10.0 Å². The first-order chi connectivity index (χ1) is 10.4. The molecule has 0 radical (unpaired) electrons. The number of furan rings is 1. The van der Waals surface area contributed by atoms with Gasteiger partial charge in [-0.05, 0) is 49.8 Å². The predicted octanol–water partition coefficient (Wildman–Crippen LogP) is 1.94. The number of rotatable bonds is 6. The van der Waals surface area contributed by atoms with Crippen LogP contribution in [0.3, 0.4) is 0 Å². The van der Waals surface area contributed by atoms with Gasteiger partial charge in [0.1, 0.15) is 5.76 Å². The molecule has 2 fully saturated rings. The van der Waals surface area contributed by atoms with E-state index < -0.39 is 10.0 Å². The molecule has 22 heavy (non-hydrogen) atoms. The monoisotopic (exact) mass is 324 g/mol. The molecule has 0 bridgehead atoms. The van der Waals surface area contributed by atoms with Gasteiger partial charge in [0.15, 0.2) is 0 Å². The number of sulfonamides is 1. The first-order valence-corrected chi connectivity index (χ1v) is 9.70. The van der Waals surface area contributed by atoms with Gasteiger partial charge in [-0.15, -0.1) is 0 Å². The quantitative estimate of drug-likeness (QED) is 0.869. The molecule has 1 aromatic rings. The minimum Gasteiger partial charge on any atom is -0.465 e. The average molecular weight is 324 g/mol. The van der Waals surface area contributed by atoms with Crippen molar-refractivity contribution in [3.8, 4) is 0 Å². The van der Waals surface area contributed by atoms with Crippen LogP contribution in [0.4, 0.5) is 0 Å². The zero-order valence-electron chi connectivity index (χ0n) is 13.2. The number of hydrogen-bond donors (Lipinski definition) is 1. The summed E-state index contributed by atoms with van der Waals surface area (Å²) in [5.41, 5.74) is 1.23. The Kier molecular flexibility index (Phi) is 4.43. The van der Waals surface area contributed by atoms with E-state index in [1.807, 2.05) is 18.2 Å². The summed E-state index contributed by atoms with van der Waals surface area (Å²) in [7, 11) is -3.15. The lowest BCUT2D eigenvalue weighted by Crippen LogP contribution is -2.40. The van der Waals surface area contributed by atoms with Crippen molar-refractivity contribution in [1.29, 1.82) is 0 Å². The number of likely N-dealkylation sites (tertiary alicyclic amines) is 1. The van der Waals surface area contributed by atoms with E-state index in [0.717, 1.165) is 25.4 Å². The summed E-state index contributed by atoms with van der Waals surface area (Å²) in [5.74, 6) is 2.01. The van der Waals surface area contributed by atoms with Crippen LogP contribution in [0, 0.1) is 11.8 Å². The molecule has 1 aromatic heterocycles. The van der Waals surface area contributed by atoms with E-state index in [1.165, 1.54) is 24.7 Å². The van der Waals surface area contributed by atoms with E-state index in [2.05, 4.69) is 16.5 Å². The maximum atomic E-state index is 11.6. The van der Waals surface area contributed by atoms with Gasteiger partial charge in [-0.3, -0.25) is 4.90 Å². The van der Waals surface area contributed by atoms with Crippen molar-refractivity contribution in [3.63, 3.8) is 0 Å². The topological polar surface area (TPSA) is 62.6 Å². The SMILES string of the molecule is CC(=Cc1ccco1)CN1C[C@H](NS(C)(=O)=O)[C@@H](C2CC2)C1. The molecule has 1 saturated carbocycles. The van der Waals surface area contributed by atoms with Crippen molar-refractivity contribution < 1.29 is 12.8 Å². The van der Waals surface area contributed by atoms with Gasteiger partial charge in [-0.25, -0.2) is 13.1 Å². The van der Waals surface area contributed by atoms with Crippen molar-refractivity contribution in [2.75, 3.05) is 25.9 Å². The van der Waals surface area contributed by atoms with Crippen LogP contribution in [0.1, 0.15) is 25.5 Å². The smallest absolute Gasteiger partial charge is 0.209 e. The second-order valence-corrected chi connectivity index (χ2v) is 8.48. The van der Waals surface area contributed by atoms with Crippen LogP contribution in [0.25, 0.3) is 6.08 Å². The van der Waals surface area contributed by atoms with Gasteiger partial charge in [0.05, 0.1) is 12.5 Å². The third kappa shape index (κ3) is 4.21. The van der Waals surface area contributed by atoms with Gasteiger partial charge < -0.3 is 4.42 Å². The maximum absolute atomic E-state index is 11.6. The Bertz CT molecular complexity index is 632. The molecule has 2 atom stereocenters. The fourth-order valence-electron chi connectivity index (χ4n) is 3.46. The van der Waals surface area contributed by atoms with Gasteiger partial charge in [-0.2, -0.15) is 0 Å². The lowest BCUT2D eigenvalue weighted by molar-refractivity contribution is 0.342. The fraction of sp³-hybridized carbons (Fsp3) is 0.625. The molecule has 1 saturated heterocycles. The normalized spacial score (nSPS) is 27.5. The molecule has 0 unspecified atom stereocenters. The highest BCUT2D eigenvalue weighted by Crippen LogP contribution is 2.41. The van der Waals surface area contributed by atoms with Gasteiger partial charge in [0.25, 0.3) is 0 Å². The Balaban J connectivity index is 1.63. The maximum Gasteiger partial charge on any atom is 0.209 e. The second kappa shape index (κ2) is 6.18. The van der Waals surface area contributed by atoms with Gasteiger partial charge in [-0.1, -0.05) is 5.57 Å². The zero-order valence-corrected chi connectivity index (χ0v) is 14.0. The summed E-state index contributed by atoms with van der Waals surface area (Å²) >= 11 is 0. The van der Waals surface area contributed by atoms with Crippen molar-refractivity contribution in [2.45, 2.75) is 25.8 Å². The van der Waals surface area contributed by atoms with E-state index in [1.54, 1.807) is 6.26 Å². The minimum atomic E-state index is -3.15. The number of nitrogens with zero attached hydrogens (tertiary/aromatic N) is 1. The highest BCUT2D eigenvalue weighted by Gasteiger charge is 2.43.